The number of hydrogen-bond donors (Lipinski definition) is 1. The molecule has 68 valence electrons. The lowest BCUT2D eigenvalue weighted by molar-refractivity contribution is 0.0309. The minimum absolute atomic E-state index is 0. The molecule has 0 atom stereocenters. The summed E-state index contributed by atoms with van der Waals surface area (Å²) in [6.07, 6.45) is 1.58. The summed E-state index contributed by atoms with van der Waals surface area (Å²) in [5, 5.41) is 3.01. The van der Waals surface area contributed by atoms with Crippen LogP contribution in [-0.2, 0) is 4.74 Å². The summed E-state index contributed by atoms with van der Waals surface area (Å²) in [4.78, 5) is 0. The quantitative estimate of drug-likeness (QED) is 0.694. The van der Waals surface area contributed by atoms with Crippen molar-refractivity contribution in [3.63, 3.8) is 0 Å². The predicted octanol–water partition coefficient (Wildman–Crippen LogP) is 1.15. The molecule has 0 spiro atoms. The maximum absolute atomic E-state index is 12.4. The lowest BCUT2D eigenvalue weighted by Gasteiger charge is -2.34. The highest BCUT2D eigenvalue weighted by Crippen LogP contribution is 2.20. The van der Waals surface area contributed by atoms with Crippen LogP contribution in [0.25, 0.3) is 0 Å². The average Bonchev–Trinajstić information content (AvgIpc) is 2.06. The van der Waals surface area contributed by atoms with Crippen LogP contribution in [0.4, 0.5) is 4.39 Å². The highest BCUT2D eigenvalue weighted by molar-refractivity contribution is 5.85. The van der Waals surface area contributed by atoms with Crippen LogP contribution in [0.15, 0.2) is 0 Å². The fourth-order valence-electron chi connectivity index (χ4n) is 1.21. The van der Waals surface area contributed by atoms with E-state index in [1.807, 2.05) is 7.05 Å². The summed E-state index contributed by atoms with van der Waals surface area (Å²) in [6, 6.07) is 0. The van der Waals surface area contributed by atoms with Gasteiger partial charge in [0.25, 0.3) is 0 Å². The third-order valence-electron chi connectivity index (χ3n) is 2.24. The molecule has 1 rings (SSSR count). The van der Waals surface area contributed by atoms with Gasteiger partial charge in [0.15, 0.2) is 0 Å². The van der Waals surface area contributed by atoms with Gasteiger partial charge >= 0.3 is 0 Å². The molecule has 1 aliphatic heterocycles. The topological polar surface area (TPSA) is 21.3 Å². The van der Waals surface area contributed by atoms with E-state index in [0.29, 0.717) is 13.2 Å². The van der Waals surface area contributed by atoms with Crippen LogP contribution in [0.3, 0.4) is 0 Å². The zero-order valence-electron chi connectivity index (χ0n) is 6.73. The molecule has 0 aromatic rings. The van der Waals surface area contributed by atoms with Crippen LogP contribution >= 0.6 is 12.4 Å². The summed E-state index contributed by atoms with van der Waals surface area (Å²) in [5.41, 5.74) is -0.280. The van der Waals surface area contributed by atoms with E-state index in [1.165, 1.54) is 0 Å². The summed E-state index contributed by atoms with van der Waals surface area (Å²) >= 11 is 0. The molecule has 0 aliphatic carbocycles. The Morgan fingerprint density at radius 2 is 2.00 bits per heavy atom. The molecule has 2 nitrogen and oxygen atoms in total. The van der Waals surface area contributed by atoms with Gasteiger partial charge in [0.05, 0.1) is 5.54 Å². The van der Waals surface area contributed by atoms with Gasteiger partial charge in [-0.05, 0) is 19.9 Å². The maximum atomic E-state index is 12.4. The van der Waals surface area contributed by atoms with Crippen molar-refractivity contribution in [2.45, 2.75) is 18.4 Å². The van der Waals surface area contributed by atoms with Crippen molar-refractivity contribution in [1.82, 2.24) is 5.32 Å². The Balaban J connectivity index is 0.000001000. The molecule has 4 heteroatoms. The Morgan fingerprint density at radius 3 is 2.27 bits per heavy atom. The summed E-state index contributed by atoms with van der Waals surface area (Å²) in [7, 11) is 1.81. The third kappa shape index (κ3) is 2.58. The van der Waals surface area contributed by atoms with Crippen molar-refractivity contribution in [2.24, 2.45) is 0 Å². The zero-order chi connectivity index (χ0) is 7.45. The molecule has 1 fully saturated rings. The lowest BCUT2D eigenvalue weighted by atomic mass is 9.92. The molecular weight excluding hydrogens is 169 g/mol. The van der Waals surface area contributed by atoms with Crippen molar-refractivity contribution in [3.8, 4) is 0 Å². The van der Waals surface area contributed by atoms with E-state index in [9.17, 15) is 4.39 Å². The van der Waals surface area contributed by atoms with Crippen LogP contribution in [0.2, 0.25) is 0 Å². The van der Waals surface area contributed by atoms with E-state index in [-0.39, 0.29) is 24.6 Å². The first-order valence-corrected chi connectivity index (χ1v) is 3.66. The van der Waals surface area contributed by atoms with Crippen molar-refractivity contribution in [3.05, 3.63) is 0 Å². The van der Waals surface area contributed by atoms with Crippen molar-refractivity contribution in [2.75, 3.05) is 26.9 Å². The molecule has 1 aliphatic rings. The Kier molecular flexibility index (Phi) is 4.97. The van der Waals surface area contributed by atoms with Gasteiger partial charge in [-0.1, -0.05) is 0 Å². The Labute approximate surface area is 72.9 Å². The fourth-order valence-corrected chi connectivity index (χ4v) is 1.21. The van der Waals surface area contributed by atoms with Crippen LogP contribution in [0.5, 0.6) is 0 Å². The largest absolute Gasteiger partial charge is 0.381 e. The molecule has 1 saturated heterocycles. The highest BCUT2D eigenvalue weighted by Gasteiger charge is 2.30. The molecule has 0 saturated carbocycles. The fraction of sp³-hybridized carbons (Fsp3) is 1.00. The average molecular weight is 184 g/mol. The van der Waals surface area contributed by atoms with E-state index in [0.717, 1.165) is 12.8 Å². The van der Waals surface area contributed by atoms with Gasteiger partial charge in [-0.25, -0.2) is 4.39 Å². The van der Waals surface area contributed by atoms with Gasteiger partial charge in [0, 0.05) is 13.2 Å². The third-order valence-corrected chi connectivity index (χ3v) is 2.24. The zero-order valence-corrected chi connectivity index (χ0v) is 7.55. The molecular formula is C7H15ClFNO. The highest BCUT2D eigenvalue weighted by atomic mass is 35.5. The molecule has 0 unspecified atom stereocenters. The minimum Gasteiger partial charge on any atom is -0.381 e. The standard InChI is InChI=1S/C7H14FNO.ClH/c1-9-7(6-8)2-4-10-5-3-7;/h9H,2-6H2,1H3;1H. The molecule has 1 N–H and O–H groups in total. The van der Waals surface area contributed by atoms with Gasteiger partial charge < -0.3 is 10.1 Å². The van der Waals surface area contributed by atoms with Gasteiger partial charge in [0.1, 0.15) is 6.67 Å². The number of ether oxygens (including phenoxy) is 1. The molecule has 0 amide bonds. The van der Waals surface area contributed by atoms with E-state index < -0.39 is 0 Å². The second kappa shape index (κ2) is 4.91. The number of hydrogen-bond acceptors (Lipinski definition) is 2. The predicted molar refractivity (Wildman–Crippen MR) is 45.1 cm³/mol. The molecule has 0 radical (unpaired) electrons. The summed E-state index contributed by atoms with van der Waals surface area (Å²) < 4.78 is 17.5. The Morgan fingerprint density at radius 1 is 1.45 bits per heavy atom. The van der Waals surface area contributed by atoms with Gasteiger partial charge in [-0.2, -0.15) is 0 Å². The van der Waals surface area contributed by atoms with Crippen molar-refractivity contribution >= 4 is 12.4 Å². The Bertz CT molecular complexity index is 101. The summed E-state index contributed by atoms with van der Waals surface area (Å²) in [5.74, 6) is 0. The Hall–Kier alpha value is 0.140. The second-order valence-corrected chi connectivity index (χ2v) is 2.78. The van der Waals surface area contributed by atoms with Crippen molar-refractivity contribution in [1.29, 1.82) is 0 Å². The number of alkyl halides is 1. The lowest BCUT2D eigenvalue weighted by Crippen LogP contribution is -2.49. The number of halogens is 2. The van der Waals surface area contributed by atoms with E-state index in [2.05, 4.69) is 5.32 Å². The first-order valence-electron chi connectivity index (χ1n) is 3.66. The molecule has 1 heterocycles. The molecule has 0 aromatic heterocycles. The van der Waals surface area contributed by atoms with Crippen LogP contribution in [0.1, 0.15) is 12.8 Å². The monoisotopic (exact) mass is 183 g/mol. The number of rotatable bonds is 2. The first kappa shape index (κ1) is 11.1. The van der Waals surface area contributed by atoms with Crippen molar-refractivity contribution < 1.29 is 9.13 Å². The maximum Gasteiger partial charge on any atom is 0.108 e. The molecule has 0 aromatic carbocycles. The first-order chi connectivity index (χ1) is 4.83. The van der Waals surface area contributed by atoms with E-state index in [4.69, 9.17) is 4.74 Å². The normalized spacial score (nSPS) is 22.4. The van der Waals surface area contributed by atoms with E-state index in [1.54, 1.807) is 0 Å². The minimum atomic E-state index is -0.285. The SMILES string of the molecule is CNC1(CF)CCOCC1.Cl. The molecule has 11 heavy (non-hydrogen) atoms. The van der Waals surface area contributed by atoms with Crippen LogP contribution < -0.4 is 5.32 Å². The van der Waals surface area contributed by atoms with Gasteiger partial charge in [0.2, 0.25) is 0 Å². The van der Waals surface area contributed by atoms with Gasteiger partial charge in [-0.15, -0.1) is 12.4 Å². The van der Waals surface area contributed by atoms with E-state index >= 15 is 0 Å². The van der Waals surface area contributed by atoms with Crippen LogP contribution in [-0.4, -0.2) is 32.5 Å². The molecule has 0 bridgehead atoms. The smallest absolute Gasteiger partial charge is 0.108 e. The second-order valence-electron chi connectivity index (χ2n) is 2.78. The van der Waals surface area contributed by atoms with Gasteiger partial charge in [-0.3, -0.25) is 0 Å². The van der Waals surface area contributed by atoms with Crippen LogP contribution in [0, 0.1) is 0 Å². The number of nitrogens with one attached hydrogen (secondary N) is 1. The summed E-state index contributed by atoms with van der Waals surface area (Å²) in [6.45, 7) is 1.09.